The van der Waals surface area contributed by atoms with Crippen LogP contribution in [0.4, 0.5) is 0 Å². The van der Waals surface area contributed by atoms with Crippen molar-refractivity contribution in [1.82, 2.24) is 9.55 Å². The number of hydrogen-bond acceptors (Lipinski definition) is 1. The van der Waals surface area contributed by atoms with E-state index in [1.807, 2.05) is 12.5 Å². The fourth-order valence-electron chi connectivity index (χ4n) is 4.32. The number of aromatic nitrogens is 2. The van der Waals surface area contributed by atoms with Crippen molar-refractivity contribution in [3.05, 3.63) is 124 Å². The number of nitrogens with zero attached hydrogens (tertiary/aromatic N) is 2. The Hall–Kier alpha value is -2.85. The first-order valence-corrected chi connectivity index (χ1v) is 13.3. The first-order valence-electron chi connectivity index (χ1n) is 12.5. The molecule has 0 fully saturated rings. The summed E-state index contributed by atoms with van der Waals surface area (Å²) >= 11 is 3.42. The first kappa shape index (κ1) is 26.8. The molecule has 0 atom stereocenters. The Labute approximate surface area is 220 Å². The molecule has 0 spiro atoms. The van der Waals surface area contributed by atoms with Crippen molar-refractivity contribution in [2.75, 3.05) is 0 Å². The van der Waals surface area contributed by atoms with Gasteiger partial charge in [0.15, 0.2) is 0 Å². The highest BCUT2D eigenvalue weighted by atomic mass is 79.9. The third kappa shape index (κ3) is 8.11. The van der Waals surface area contributed by atoms with Crippen molar-refractivity contribution in [1.29, 1.82) is 0 Å². The number of imidazole rings is 1. The Morgan fingerprint density at radius 3 is 1.94 bits per heavy atom. The number of allylic oxidation sites excluding steroid dienone is 2. The van der Waals surface area contributed by atoms with E-state index in [4.69, 9.17) is 0 Å². The minimum Gasteiger partial charge on any atom is -0.330 e. The number of halogens is 1. The van der Waals surface area contributed by atoms with E-state index in [2.05, 4.69) is 138 Å². The minimum absolute atomic E-state index is 0.494. The van der Waals surface area contributed by atoms with Gasteiger partial charge in [-0.3, -0.25) is 0 Å². The van der Waals surface area contributed by atoms with E-state index in [0.717, 1.165) is 23.9 Å². The summed E-state index contributed by atoms with van der Waals surface area (Å²) in [5.74, 6) is 0. The Morgan fingerprint density at radius 2 is 1.43 bits per heavy atom. The van der Waals surface area contributed by atoms with Crippen molar-refractivity contribution in [2.45, 2.75) is 53.4 Å². The van der Waals surface area contributed by atoms with Gasteiger partial charge in [-0.15, -0.1) is 0 Å². The molecule has 4 aromatic rings. The Morgan fingerprint density at radius 1 is 0.829 bits per heavy atom. The summed E-state index contributed by atoms with van der Waals surface area (Å²) in [5.41, 5.74) is 8.20. The number of aryl methyl sites for hydroxylation is 3. The number of hydrogen-bond donors (Lipinski definition) is 0. The molecule has 0 amide bonds. The zero-order valence-corrected chi connectivity index (χ0v) is 23.0. The van der Waals surface area contributed by atoms with E-state index in [1.54, 1.807) is 0 Å². The van der Waals surface area contributed by atoms with Gasteiger partial charge in [-0.2, -0.15) is 0 Å². The van der Waals surface area contributed by atoms with Crippen molar-refractivity contribution in [3.63, 3.8) is 0 Å². The molecule has 0 saturated heterocycles. The van der Waals surface area contributed by atoms with E-state index in [0.29, 0.717) is 6.71 Å². The molecule has 0 aliphatic heterocycles. The minimum atomic E-state index is 0.494. The second kappa shape index (κ2) is 13.9. The van der Waals surface area contributed by atoms with Gasteiger partial charge in [0.2, 0.25) is 6.71 Å². The highest BCUT2D eigenvalue weighted by Crippen LogP contribution is 2.12. The quantitative estimate of drug-likeness (QED) is 0.174. The third-order valence-electron chi connectivity index (χ3n) is 6.34. The fraction of sp³-hybridized carbons (Fsp3) is 0.258. The molecular weight excluding hydrogens is 491 g/mol. The summed E-state index contributed by atoms with van der Waals surface area (Å²) in [6.07, 6.45) is 11.8. The van der Waals surface area contributed by atoms with Gasteiger partial charge in [-0.1, -0.05) is 124 Å². The van der Waals surface area contributed by atoms with Gasteiger partial charge < -0.3 is 4.57 Å². The molecule has 1 aromatic heterocycles. The maximum absolute atomic E-state index is 4.09. The monoisotopic (exact) mass is 526 g/mol. The lowest BCUT2D eigenvalue weighted by atomic mass is 9.37. The van der Waals surface area contributed by atoms with Crippen LogP contribution in [0.3, 0.4) is 0 Å². The standard InChI is InChI=1S/C20H25B.C11H11BrN2/c1-4-5-6-11-16-21(19-14-9-7-12-17(19)2)20-15-10-8-13-18(20)3;1-9-6-13-8-14(9)7-10-2-4-11(12)5-3-10/h5-10,12-15H,4,11,16H2,1-3H3;2-6,8H,7H2,1H3. The van der Waals surface area contributed by atoms with E-state index in [9.17, 15) is 0 Å². The molecule has 4 rings (SSSR count). The summed E-state index contributed by atoms with van der Waals surface area (Å²) in [7, 11) is 0. The Kier molecular flexibility index (Phi) is 10.6. The van der Waals surface area contributed by atoms with Gasteiger partial charge in [0.25, 0.3) is 0 Å². The van der Waals surface area contributed by atoms with Gasteiger partial charge in [-0.25, -0.2) is 4.98 Å². The van der Waals surface area contributed by atoms with Crippen LogP contribution in [0.2, 0.25) is 6.32 Å². The molecule has 0 bridgehead atoms. The van der Waals surface area contributed by atoms with Gasteiger partial charge in [0.1, 0.15) is 0 Å². The lowest BCUT2D eigenvalue weighted by molar-refractivity contribution is 0.770. The molecule has 3 aromatic carbocycles. The highest BCUT2D eigenvalue weighted by Gasteiger charge is 2.21. The van der Waals surface area contributed by atoms with Crippen LogP contribution in [-0.2, 0) is 6.54 Å². The van der Waals surface area contributed by atoms with Crippen LogP contribution in [0.1, 0.15) is 42.1 Å². The average molecular weight is 527 g/mol. The molecule has 0 unspecified atom stereocenters. The lowest BCUT2D eigenvalue weighted by Crippen LogP contribution is -2.44. The Balaban J connectivity index is 0.000000211. The Bertz CT molecular complexity index is 1170. The molecule has 180 valence electrons. The van der Waals surface area contributed by atoms with Crippen molar-refractivity contribution < 1.29 is 0 Å². The van der Waals surface area contributed by atoms with Crippen LogP contribution in [-0.4, -0.2) is 16.3 Å². The van der Waals surface area contributed by atoms with Crippen molar-refractivity contribution >= 4 is 33.6 Å². The fourth-order valence-corrected chi connectivity index (χ4v) is 4.58. The maximum atomic E-state index is 4.09. The third-order valence-corrected chi connectivity index (χ3v) is 6.87. The van der Waals surface area contributed by atoms with Gasteiger partial charge in [-0.05, 0) is 51.3 Å². The van der Waals surface area contributed by atoms with Crippen LogP contribution in [0, 0.1) is 20.8 Å². The topological polar surface area (TPSA) is 17.8 Å². The van der Waals surface area contributed by atoms with Crippen LogP contribution in [0.5, 0.6) is 0 Å². The van der Waals surface area contributed by atoms with Crippen molar-refractivity contribution in [2.24, 2.45) is 0 Å². The molecular formula is C31H36BBrN2. The zero-order valence-electron chi connectivity index (χ0n) is 21.4. The molecule has 0 saturated carbocycles. The normalized spacial score (nSPS) is 10.8. The number of rotatable bonds is 8. The summed E-state index contributed by atoms with van der Waals surface area (Å²) in [5, 5.41) is 0. The molecule has 2 nitrogen and oxygen atoms in total. The lowest BCUT2D eigenvalue weighted by Gasteiger charge is -2.18. The number of benzene rings is 3. The molecule has 0 radical (unpaired) electrons. The zero-order chi connectivity index (χ0) is 25.0. The van der Waals surface area contributed by atoms with E-state index >= 15 is 0 Å². The largest absolute Gasteiger partial charge is 0.330 e. The predicted octanol–water partition coefficient (Wildman–Crippen LogP) is 7.27. The van der Waals surface area contributed by atoms with Crippen LogP contribution < -0.4 is 10.9 Å². The highest BCUT2D eigenvalue weighted by molar-refractivity contribution is 9.10. The summed E-state index contributed by atoms with van der Waals surface area (Å²) < 4.78 is 3.24. The van der Waals surface area contributed by atoms with E-state index in [-0.39, 0.29) is 0 Å². The van der Waals surface area contributed by atoms with Crippen molar-refractivity contribution in [3.8, 4) is 0 Å². The summed E-state index contributed by atoms with van der Waals surface area (Å²) in [4.78, 5) is 4.09. The molecule has 4 heteroatoms. The molecule has 0 aliphatic rings. The molecule has 0 N–H and O–H groups in total. The van der Waals surface area contributed by atoms with Gasteiger partial charge in [0.05, 0.1) is 6.33 Å². The summed E-state index contributed by atoms with van der Waals surface area (Å²) in [6.45, 7) is 10.1. The average Bonchev–Trinajstić information content (AvgIpc) is 3.27. The smallest absolute Gasteiger partial charge is 0.210 e. The van der Waals surface area contributed by atoms with Crippen LogP contribution in [0.15, 0.2) is 102 Å². The maximum Gasteiger partial charge on any atom is 0.210 e. The SMILES string of the molecule is CCC=CCCB(c1ccccc1C)c1ccccc1C.Cc1cncn1Cc1ccc(Br)cc1. The first-order chi connectivity index (χ1) is 17.0. The van der Waals surface area contributed by atoms with E-state index < -0.39 is 0 Å². The molecule has 0 aliphatic carbocycles. The van der Waals surface area contributed by atoms with E-state index in [1.165, 1.54) is 39.6 Å². The molecule has 35 heavy (non-hydrogen) atoms. The van der Waals surface area contributed by atoms with Crippen LogP contribution >= 0.6 is 15.9 Å². The summed E-state index contributed by atoms with van der Waals surface area (Å²) in [6, 6.07) is 26.0. The molecule has 1 heterocycles. The van der Waals surface area contributed by atoms with Gasteiger partial charge >= 0.3 is 0 Å². The van der Waals surface area contributed by atoms with Crippen LogP contribution in [0.25, 0.3) is 0 Å². The second-order valence-corrected chi connectivity index (χ2v) is 9.93. The van der Waals surface area contributed by atoms with Gasteiger partial charge in [0, 0.05) is 22.9 Å². The predicted molar refractivity (Wildman–Crippen MR) is 156 cm³/mol. The second-order valence-electron chi connectivity index (χ2n) is 9.01.